The number of nitrogens with one attached hydrogen (secondary N) is 1. The zero-order valence-corrected chi connectivity index (χ0v) is 15.5. The molecule has 5 nitrogen and oxygen atoms in total. The highest BCUT2D eigenvalue weighted by Crippen LogP contribution is 2.37. The lowest BCUT2D eigenvalue weighted by molar-refractivity contribution is -0.215. The second kappa shape index (κ2) is 9.43. The molecule has 0 unspecified atom stereocenters. The molecule has 2 aromatic carbocycles. The van der Waals surface area contributed by atoms with Gasteiger partial charge in [0, 0.05) is 11.6 Å². The maximum Gasteiger partial charge on any atom is 0.417 e. The van der Waals surface area contributed by atoms with Crippen LogP contribution in [0.15, 0.2) is 41.8 Å². The molecule has 0 saturated heterocycles. The molecule has 0 aromatic heterocycles. The molecule has 0 radical (unpaired) electrons. The zero-order chi connectivity index (χ0) is 24.2. The Morgan fingerprint density at radius 3 is 1.97 bits per heavy atom. The highest BCUT2D eigenvalue weighted by Gasteiger charge is 2.37. The highest BCUT2D eigenvalue weighted by molar-refractivity contribution is 7.88. The molecule has 0 atom stereocenters. The predicted octanol–water partition coefficient (Wildman–Crippen LogP) is 4.23. The standard InChI is InChI=1S/C9H5F6NO.C8H6F2O3S/c10-8(11,12)4-1-2-5(7(16)17)6(3-4)9(13,14)15;9-7-2-1-6(8(10)5-7)3-4-14(11,12)13/h1-3H,(H2,16,17);1-5H,(H,11,12,13)/p-1/b;4-3+. The fourth-order valence-corrected chi connectivity index (χ4v) is 2.27. The van der Waals surface area contributed by atoms with E-state index in [1.54, 1.807) is 0 Å². The molecule has 0 amide bonds. The van der Waals surface area contributed by atoms with Crippen molar-refractivity contribution in [2.24, 2.45) is 0 Å². The Balaban J connectivity index is 0.000000316. The van der Waals surface area contributed by atoms with Gasteiger partial charge in [-0.2, -0.15) is 34.8 Å². The van der Waals surface area contributed by atoms with Crippen LogP contribution in [0.1, 0.15) is 22.3 Å². The van der Waals surface area contributed by atoms with E-state index in [2.05, 4.69) is 0 Å². The van der Waals surface area contributed by atoms with Crippen LogP contribution in [0.2, 0.25) is 0 Å². The van der Waals surface area contributed by atoms with Gasteiger partial charge in [-0.25, -0.2) is 8.78 Å². The van der Waals surface area contributed by atoms with Gasteiger partial charge in [0.15, 0.2) is 0 Å². The minimum atomic E-state index is -5.12. The minimum absolute atomic E-state index is 0.121. The van der Waals surface area contributed by atoms with Gasteiger partial charge in [0.1, 0.15) is 11.6 Å². The summed E-state index contributed by atoms with van der Waals surface area (Å²) in [5.41, 5.74) is -4.50. The van der Waals surface area contributed by atoms with E-state index in [1.807, 2.05) is 0 Å². The van der Waals surface area contributed by atoms with Crippen molar-refractivity contribution < 1.29 is 53.2 Å². The van der Waals surface area contributed by atoms with Crippen molar-refractivity contribution in [1.29, 1.82) is 5.41 Å². The molecule has 0 heterocycles. The van der Waals surface area contributed by atoms with Crippen LogP contribution in [0.25, 0.3) is 6.08 Å². The average molecular weight is 476 g/mol. The van der Waals surface area contributed by atoms with Crippen LogP contribution >= 0.6 is 0 Å². The van der Waals surface area contributed by atoms with E-state index in [-0.39, 0.29) is 11.6 Å². The van der Waals surface area contributed by atoms with Crippen molar-refractivity contribution in [2.75, 3.05) is 0 Å². The SMILES string of the molecule is N=C([O-])c1ccc(C(F)(F)F)cc1C(F)(F)F.O=S(=O)(O)/C=C/c1ccc(F)cc1F. The first-order valence-corrected chi connectivity index (χ1v) is 9.07. The third kappa shape index (κ3) is 8.33. The van der Waals surface area contributed by atoms with Gasteiger partial charge in [0.2, 0.25) is 0 Å². The first-order valence-electron chi connectivity index (χ1n) is 7.57. The summed E-state index contributed by atoms with van der Waals surface area (Å²) in [5.74, 6) is -3.34. The number of benzene rings is 2. The zero-order valence-electron chi connectivity index (χ0n) is 14.7. The maximum atomic E-state index is 12.9. The van der Waals surface area contributed by atoms with Crippen LogP contribution in [-0.2, 0) is 22.5 Å². The van der Waals surface area contributed by atoms with Crippen LogP contribution in [-0.4, -0.2) is 18.9 Å². The Kier molecular flexibility index (Phi) is 7.92. The third-order valence-electron chi connectivity index (χ3n) is 3.28. The van der Waals surface area contributed by atoms with E-state index >= 15 is 0 Å². The van der Waals surface area contributed by atoms with Crippen LogP contribution in [0.3, 0.4) is 0 Å². The molecular formula is C17H10F8NO4S-. The van der Waals surface area contributed by atoms with Crippen molar-refractivity contribution in [3.63, 3.8) is 0 Å². The molecule has 0 aliphatic rings. The van der Waals surface area contributed by atoms with Gasteiger partial charge in [-0.15, -0.1) is 0 Å². The summed E-state index contributed by atoms with van der Waals surface area (Å²) in [6, 6.07) is 3.16. The molecule has 2 aromatic rings. The lowest BCUT2D eigenvalue weighted by Crippen LogP contribution is -2.23. The van der Waals surface area contributed by atoms with Gasteiger partial charge >= 0.3 is 12.4 Å². The Hall–Kier alpha value is -3.00. The smallest absolute Gasteiger partial charge is 0.417 e. The number of alkyl halides is 6. The Labute approximate surface area is 169 Å². The Morgan fingerprint density at radius 1 is 0.968 bits per heavy atom. The molecule has 0 aliphatic heterocycles. The number of rotatable bonds is 3. The van der Waals surface area contributed by atoms with E-state index in [1.165, 1.54) is 0 Å². The average Bonchev–Trinajstić information content (AvgIpc) is 2.58. The van der Waals surface area contributed by atoms with Gasteiger partial charge < -0.3 is 10.5 Å². The first kappa shape index (κ1) is 26.0. The summed E-state index contributed by atoms with van der Waals surface area (Å²) < 4.78 is 128. The van der Waals surface area contributed by atoms with Crippen molar-refractivity contribution in [1.82, 2.24) is 0 Å². The molecule has 170 valence electrons. The molecule has 0 fully saturated rings. The summed E-state index contributed by atoms with van der Waals surface area (Å²) in [6.45, 7) is 0. The molecule has 2 N–H and O–H groups in total. The molecule has 0 aliphatic carbocycles. The van der Waals surface area contributed by atoms with Crippen LogP contribution < -0.4 is 5.11 Å². The predicted molar refractivity (Wildman–Crippen MR) is 90.2 cm³/mol. The number of hydrogen-bond donors (Lipinski definition) is 2. The van der Waals surface area contributed by atoms with Crippen LogP contribution in [0.4, 0.5) is 35.1 Å². The first-order chi connectivity index (χ1) is 13.9. The van der Waals surface area contributed by atoms with E-state index in [4.69, 9.17) is 9.96 Å². The minimum Gasteiger partial charge on any atom is -0.859 e. The summed E-state index contributed by atoms with van der Waals surface area (Å²) in [6.07, 6.45) is -9.22. The van der Waals surface area contributed by atoms with Gasteiger partial charge in [0.25, 0.3) is 10.1 Å². The normalized spacial score (nSPS) is 12.4. The van der Waals surface area contributed by atoms with Gasteiger partial charge in [-0.1, -0.05) is 6.07 Å². The Bertz CT molecular complexity index is 1090. The van der Waals surface area contributed by atoms with Gasteiger partial charge in [-0.05, 0) is 41.8 Å². The summed E-state index contributed by atoms with van der Waals surface area (Å²) in [7, 11) is -4.29. The topological polar surface area (TPSA) is 101 Å². The molecule has 14 heteroatoms. The van der Waals surface area contributed by atoms with Gasteiger partial charge in [-0.3, -0.25) is 4.55 Å². The van der Waals surface area contributed by atoms with E-state index < -0.39 is 56.7 Å². The molecule has 2 rings (SSSR count). The molecule has 0 bridgehead atoms. The van der Waals surface area contributed by atoms with E-state index in [0.717, 1.165) is 18.2 Å². The Morgan fingerprint density at radius 2 is 1.55 bits per heavy atom. The van der Waals surface area contributed by atoms with E-state index in [9.17, 15) is 48.6 Å². The van der Waals surface area contributed by atoms with Crippen molar-refractivity contribution >= 4 is 22.1 Å². The fourth-order valence-electron chi connectivity index (χ4n) is 1.95. The third-order valence-corrected chi connectivity index (χ3v) is 3.76. The lowest BCUT2D eigenvalue weighted by Gasteiger charge is -2.18. The molecule has 0 saturated carbocycles. The maximum absolute atomic E-state index is 12.9. The van der Waals surface area contributed by atoms with Crippen LogP contribution in [0, 0.1) is 17.0 Å². The van der Waals surface area contributed by atoms with Crippen LogP contribution in [0.5, 0.6) is 0 Å². The largest absolute Gasteiger partial charge is 0.859 e. The highest BCUT2D eigenvalue weighted by atomic mass is 32.2. The fraction of sp³-hybridized carbons (Fsp3) is 0.118. The van der Waals surface area contributed by atoms with Crippen molar-refractivity contribution in [3.05, 3.63) is 75.7 Å². The number of hydrogen-bond acceptors (Lipinski definition) is 4. The number of halogens is 8. The van der Waals surface area contributed by atoms with Gasteiger partial charge in [0.05, 0.1) is 16.5 Å². The van der Waals surface area contributed by atoms with E-state index in [0.29, 0.717) is 23.6 Å². The van der Waals surface area contributed by atoms with Crippen molar-refractivity contribution in [2.45, 2.75) is 12.4 Å². The molecule has 31 heavy (non-hydrogen) atoms. The second-order valence-electron chi connectivity index (χ2n) is 5.57. The summed E-state index contributed by atoms with van der Waals surface area (Å²) in [5, 5.41) is 17.5. The lowest BCUT2D eigenvalue weighted by atomic mass is 10.0. The summed E-state index contributed by atoms with van der Waals surface area (Å²) >= 11 is 0. The molecular weight excluding hydrogens is 466 g/mol. The van der Waals surface area contributed by atoms with Crippen molar-refractivity contribution in [3.8, 4) is 0 Å². The summed E-state index contributed by atoms with van der Waals surface area (Å²) in [4.78, 5) is 0. The monoisotopic (exact) mass is 476 g/mol. The second-order valence-corrected chi connectivity index (χ2v) is 6.87. The molecule has 0 spiro atoms. The quantitative estimate of drug-likeness (QED) is 0.300.